The van der Waals surface area contributed by atoms with Gasteiger partial charge in [-0.3, -0.25) is 4.79 Å². The molecule has 0 amide bonds. The van der Waals surface area contributed by atoms with Crippen molar-refractivity contribution in [1.82, 2.24) is 9.97 Å². The molecule has 0 aliphatic carbocycles. The van der Waals surface area contributed by atoms with Crippen molar-refractivity contribution in [3.63, 3.8) is 0 Å². The predicted molar refractivity (Wildman–Crippen MR) is 62.5 cm³/mol. The molecule has 2 aromatic rings. The first kappa shape index (κ1) is 10.4. The van der Waals surface area contributed by atoms with Gasteiger partial charge in [0.15, 0.2) is 0 Å². The summed E-state index contributed by atoms with van der Waals surface area (Å²) in [6.07, 6.45) is 3.05. The van der Waals surface area contributed by atoms with Gasteiger partial charge in [0.05, 0.1) is 11.0 Å². The van der Waals surface area contributed by atoms with Crippen LogP contribution >= 0.6 is 0 Å². The molecule has 0 fully saturated rings. The van der Waals surface area contributed by atoms with Gasteiger partial charge >= 0.3 is 0 Å². The van der Waals surface area contributed by atoms with Gasteiger partial charge in [0, 0.05) is 6.07 Å². The number of nitrogens with zero attached hydrogens (tertiary/aromatic N) is 1. The summed E-state index contributed by atoms with van der Waals surface area (Å²) >= 11 is 0. The lowest BCUT2D eigenvalue weighted by Crippen LogP contribution is -2.14. The molecule has 0 aliphatic heterocycles. The summed E-state index contributed by atoms with van der Waals surface area (Å²) in [4.78, 5) is 18.6. The van der Waals surface area contributed by atoms with E-state index in [9.17, 15) is 9.90 Å². The van der Waals surface area contributed by atoms with E-state index in [1.54, 1.807) is 18.2 Å². The van der Waals surface area contributed by atoms with E-state index >= 15 is 0 Å². The van der Waals surface area contributed by atoms with E-state index in [-0.39, 0.29) is 11.3 Å². The number of allylic oxidation sites excluding steroid dienone is 1. The number of aromatic amines is 1. The minimum absolute atomic E-state index is 0.115. The molecule has 0 atom stereocenters. The molecule has 4 heteroatoms. The monoisotopic (exact) mass is 216 g/mol. The highest BCUT2D eigenvalue weighted by molar-refractivity contribution is 5.75. The molecule has 1 aromatic heterocycles. The van der Waals surface area contributed by atoms with Gasteiger partial charge in [-0.15, -0.1) is 6.58 Å². The quantitative estimate of drug-likeness (QED) is 0.768. The van der Waals surface area contributed by atoms with Crippen LogP contribution in [0.2, 0.25) is 0 Å². The molecule has 2 N–H and O–H groups in total. The lowest BCUT2D eigenvalue weighted by molar-refractivity contribution is 0.476. The van der Waals surface area contributed by atoms with Crippen LogP contribution in [0.4, 0.5) is 0 Å². The Labute approximate surface area is 92.3 Å². The number of nitrogens with one attached hydrogen (secondary N) is 1. The second kappa shape index (κ2) is 4.18. The molecule has 0 radical (unpaired) electrons. The van der Waals surface area contributed by atoms with E-state index in [2.05, 4.69) is 16.5 Å². The summed E-state index contributed by atoms with van der Waals surface area (Å²) in [7, 11) is 0. The third-order valence-electron chi connectivity index (χ3n) is 2.33. The van der Waals surface area contributed by atoms with Crippen LogP contribution in [0.25, 0.3) is 11.0 Å². The topological polar surface area (TPSA) is 66.0 Å². The number of hydrogen-bond acceptors (Lipinski definition) is 3. The largest absolute Gasteiger partial charge is 0.508 e. The van der Waals surface area contributed by atoms with E-state index in [0.29, 0.717) is 23.1 Å². The van der Waals surface area contributed by atoms with Gasteiger partial charge in [0.25, 0.3) is 5.56 Å². The highest BCUT2D eigenvalue weighted by Crippen LogP contribution is 2.15. The van der Waals surface area contributed by atoms with Gasteiger partial charge in [-0.05, 0) is 25.0 Å². The van der Waals surface area contributed by atoms with Crippen LogP contribution in [-0.2, 0) is 6.42 Å². The Morgan fingerprint density at radius 3 is 3.06 bits per heavy atom. The number of rotatable bonds is 3. The zero-order valence-electron chi connectivity index (χ0n) is 8.73. The molecular weight excluding hydrogens is 204 g/mol. The fraction of sp³-hybridized carbons (Fsp3) is 0.167. The molecule has 4 nitrogen and oxygen atoms in total. The first-order valence-electron chi connectivity index (χ1n) is 5.03. The lowest BCUT2D eigenvalue weighted by atomic mass is 10.2. The fourth-order valence-corrected chi connectivity index (χ4v) is 1.52. The average Bonchev–Trinajstić information content (AvgIpc) is 2.26. The van der Waals surface area contributed by atoms with Crippen LogP contribution in [-0.4, -0.2) is 15.1 Å². The van der Waals surface area contributed by atoms with Gasteiger partial charge in [-0.25, -0.2) is 4.98 Å². The number of hydrogen-bond donors (Lipinski definition) is 2. The number of phenolic OH excluding ortho intramolecular Hbond substituents is 1. The van der Waals surface area contributed by atoms with Crippen molar-refractivity contribution in [3.8, 4) is 5.75 Å². The predicted octanol–water partition coefficient (Wildman–Crippen LogP) is 1.75. The molecule has 0 saturated carbocycles. The van der Waals surface area contributed by atoms with Crippen LogP contribution in [0.15, 0.2) is 35.6 Å². The molecule has 0 unspecified atom stereocenters. The Balaban J connectivity index is 2.54. The Kier molecular flexibility index (Phi) is 2.72. The van der Waals surface area contributed by atoms with Crippen molar-refractivity contribution in [2.24, 2.45) is 0 Å². The van der Waals surface area contributed by atoms with Crippen molar-refractivity contribution in [3.05, 3.63) is 46.9 Å². The summed E-state index contributed by atoms with van der Waals surface area (Å²) in [6, 6.07) is 4.71. The van der Waals surface area contributed by atoms with Crippen molar-refractivity contribution < 1.29 is 5.11 Å². The van der Waals surface area contributed by atoms with Crippen molar-refractivity contribution in [2.75, 3.05) is 0 Å². The van der Waals surface area contributed by atoms with E-state index < -0.39 is 0 Å². The Morgan fingerprint density at radius 1 is 1.50 bits per heavy atom. The first-order valence-corrected chi connectivity index (χ1v) is 5.03. The first-order chi connectivity index (χ1) is 7.70. The summed E-state index contributed by atoms with van der Waals surface area (Å²) in [5, 5.41) is 9.27. The van der Waals surface area contributed by atoms with Gasteiger partial charge < -0.3 is 10.1 Å². The summed E-state index contributed by atoms with van der Waals surface area (Å²) < 4.78 is 0. The van der Waals surface area contributed by atoms with Crippen LogP contribution in [0.5, 0.6) is 5.75 Å². The number of H-pyrrole nitrogens is 1. The number of benzene rings is 1. The number of aromatic nitrogens is 2. The Bertz CT molecular complexity index is 587. The minimum Gasteiger partial charge on any atom is -0.508 e. The van der Waals surface area contributed by atoms with Gasteiger partial charge in [0.1, 0.15) is 11.4 Å². The maximum Gasteiger partial charge on any atom is 0.270 e. The Hall–Kier alpha value is -2.10. The molecule has 0 aliphatic rings. The van der Waals surface area contributed by atoms with Crippen LogP contribution in [0.3, 0.4) is 0 Å². The molecular formula is C12H12N2O2. The van der Waals surface area contributed by atoms with Crippen molar-refractivity contribution in [2.45, 2.75) is 12.8 Å². The Morgan fingerprint density at radius 2 is 2.31 bits per heavy atom. The lowest BCUT2D eigenvalue weighted by Gasteiger charge is -2.01. The maximum atomic E-state index is 11.6. The standard InChI is InChI=1S/C12H12N2O2/c1-2-3-4-10-12(16)14-11-7-8(15)5-6-9(11)13-10/h2,5-7,15H,1,3-4H2,(H,14,16). The average molecular weight is 216 g/mol. The SMILES string of the molecule is C=CCCc1nc2ccc(O)cc2[nH]c1=O. The molecule has 2 rings (SSSR count). The third kappa shape index (κ3) is 1.95. The van der Waals surface area contributed by atoms with Crippen LogP contribution in [0, 0.1) is 0 Å². The van der Waals surface area contributed by atoms with Crippen molar-refractivity contribution in [1.29, 1.82) is 0 Å². The van der Waals surface area contributed by atoms with Crippen molar-refractivity contribution >= 4 is 11.0 Å². The fourth-order valence-electron chi connectivity index (χ4n) is 1.52. The number of aromatic hydroxyl groups is 1. The van der Waals surface area contributed by atoms with Crippen LogP contribution < -0.4 is 5.56 Å². The minimum atomic E-state index is -0.208. The second-order valence-corrected chi connectivity index (χ2v) is 3.54. The smallest absolute Gasteiger partial charge is 0.270 e. The molecule has 0 bridgehead atoms. The van der Waals surface area contributed by atoms with E-state index in [1.165, 1.54) is 6.07 Å². The summed E-state index contributed by atoms with van der Waals surface area (Å²) in [5.41, 5.74) is 1.52. The number of aryl methyl sites for hydroxylation is 1. The molecule has 1 heterocycles. The van der Waals surface area contributed by atoms with Gasteiger partial charge in [0.2, 0.25) is 0 Å². The van der Waals surface area contributed by atoms with Crippen LogP contribution in [0.1, 0.15) is 12.1 Å². The van der Waals surface area contributed by atoms with Gasteiger partial charge in [-0.1, -0.05) is 6.08 Å². The maximum absolute atomic E-state index is 11.6. The highest BCUT2D eigenvalue weighted by atomic mass is 16.3. The van der Waals surface area contributed by atoms with E-state index in [1.807, 2.05) is 0 Å². The highest BCUT2D eigenvalue weighted by Gasteiger charge is 2.04. The molecule has 0 saturated heterocycles. The molecule has 16 heavy (non-hydrogen) atoms. The zero-order valence-corrected chi connectivity index (χ0v) is 8.73. The number of fused-ring (bicyclic) bond motifs is 1. The summed E-state index contributed by atoms with van der Waals surface area (Å²) in [5.74, 6) is 0.115. The normalized spacial score (nSPS) is 10.5. The van der Waals surface area contributed by atoms with Gasteiger partial charge in [-0.2, -0.15) is 0 Å². The summed E-state index contributed by atoms with van der Waals surface area (Å²) in [6.45, 7) is 3.61. The van der Waals surface area contributed by atoms with E-state index in [0.717, 1.165) is 6.42 Å². The number of phenols is 1. The molecule has 0 spiro atoms. The second-order valence-electron chi connectivity index (χ2n) is 3.54. The zero-order chi connectivity index (χ0) is 11.5. The third-order valence-corrected chi connectivity index (χ3v) is 2.33. The molecule has 1 aromatic carbocycles. The molecule has 82 valence electrons. The van der Waals surface area contributed by atoms with E-state index in [4.69, 9.17) is 0 Å².